The summed E-state index contributed by atoms with van der Waals surface area (Å²) in [6.07, 6.45) is -2.04. The molecule has 0 saturated carbocycles. The molecule has 0 aliphatic carbocycles. The minimum Gasteiger partial charge on any atom is -0.489 e. The van der Waals surface area contributed by atoms with Gasteiger partial charge in [0.25, 0.3) is 0 Å². The molecule has 4 nitrogen and oxygen atoms in total. The second-order valence-electron chi connectivity index (χ2n) is 10.5. The number of rotatable bonds is 9. The summed E-state index contributed by atoms with van der Waals surface area (Å²) >= 11 is 0. The number of aliphatic carboxylic acids is 1. The highest BCUT2D eigenvalue weighted by Crippen LogP contribution is 2.39. The van der Waals surface area contributed by atoms with Crippen molar-refractivity contribution in [1.29, 1.82) is 0 Å². The van der Waals surface area contributed by atoms with Crippen LogP contribution < -0.4 is 4.74 Å². The number of hydrogen-bond donors (Lipinski definition) is 1. The fourth-order valence-electron chi connectivity index (χ4n) is 5.14. The van der Waals surface area contributed by atoms with Gasteiger partial charge in [0.05, 0.1) is 16.5 Å². The van der Waals surface area contributed by atoms with Gasteiger partial charge in [0.15, 0.2) is 0 Å². The van der Waals surface area contributed by atoms with Crippen LogP contribution in [0.5, 0.6) is 5.75 Å². The third kappa shape index (κ3) is 5.86. The Bertz CT molecular complexity index is 1720. The molecule has 7 heteroatoms. The van der Waals surface area contributed by atoms with Crippen molar-refractivity contribution in [3.63, 3.8) is 0 Å². The van der Waals surface area contributed by atoms with E-state index in [2.05, 4.69) is 4.98 Å². The zero-order chi connectivity index (χ0) is 29.9. The Kier molecular flexibility index (Phi) is 8.03. The van der Waals surface area contributed by atoms with E-state index >= 15 is 0 Å². The summed E-state index contributed by atoms with van der Waals surface area (Å²) in [5.74, 6) is -0.313. The highest BCUT2D eigenvalue weighted by atomic mass is 19.4. The molecule has 0 radical (unpaired) electrons. The zero-order valence-electron chi connectivity index (χ0n) is 23.3. The lowest BCUT2D eigenvalue weighted by Crippen LogP contribution is -2.31. The summed E-state index contributed by atoms with van der Waals surface area (Å²) in [5, 5.41) is 10.1. The predicted octanol–water partition coefficient (Wildman–Crippen LogP) is 8.84. The molecule has 0 amide bonds. The number of pyridine rings is 1. The maximum atomic E-state index is 13.9. The quantitative estimate of drug-likeness (QED) is 0.193. The van der Waals surface area contributed by atoms with Crippen molar-refractivity contribution >= 4 is 16.9 Å². The number of ether oxygens (including phenoxy) is 1. The van der Waals surface area contributed by atoms with Crippen LogP contribution in [0.1, 0.15) is 48.1 Å². The fourth-order valence-corrected chi connectivity index (χ4v) is 5.14. The average Bonchev–Trinajstić information content (AvgIpc) is 2.99. The van der Waals surface area contributed by atoms with Crippen LogP contribution in [0.25, 0.3) is 22.0 Å². The van der Waals surface area contributed by atoms with E-state index in [4.69, 9.17) is 4.74 Å². The number of benzene rings is 4. The third-order valence-electron chi connectivity index (χ3n) is 7.82. The molecule has 214 valence electrons. The van der Waals surface area contributed by atoms with Crippen LogP contribution in [-0.2, 0) is 29.4 Å². The van der Waals surface area contributed by atoms with Crippen LogP contribution in [0.15, 0.2) is 103 Å². The Hall–Kier alpha value is -4.65. The van der Waals surface area contributed by atoms with Gasteiger partial charge in [-0.3, -0.25) is 9.78 Å². The zero-order valence-corrected chi connectivity index (χ0v) is 23.3. The van der Waals surface area contributed by atoms with Crippen molar-refractivity contribution < 1.29 is 27.8 Å². The Morgan fingerprint density at radius 1 is 0.881 bits per heavy atom. The van der Waals surface area contributed by atoms with Gasteiger partial charge >= 0.3 is 12.1 Å². The first kappa shape index (κ1) is 28.9. The summed E-state index contributed by atoms with van der Waals surface area (Å²) in [6.45, 7) is 3.80. The minimum atomic E-state index is -4.54. The number of halogens is 3. The highest BCUT2D eigenvalue weighted by molar-refractivity contribution is 5.98. The van der Waals surface area contributed by atoms with Gasteiger partial charge in [-0.05, 0) is 71.3 Å². The van der Waals surface area contributed by atoms with E-state index in [0.29, 0.717) is 29.5 Å². The Morgan fingerprint density at radius 2 is 1.60 bits per heavy atom. The lowest BCUT2D eigenvalue weighted by Gasteiger charge is -2.23. The van der Waals surface area contributed by atoms with Crippen LogP contribution in [0.2, 0.25) is 0 Å². The maximum Gasteiger partial charge on any atom is 0.418 e. The normalized spacial score (nSPS) is 13.1. The number of para-hydroxylation sites is 1. The van der Waals surface area contributed by atoms with Crippen molar-refractivity contribution in [2.75, 3.05) is 0 Å². The number of carboxylic acids is 1. The minimum absolute atomic E-state index is 0.0938. The number of carbonyl (C=O) groups is 1. The first-order valence-electron chi connectivity index (χ1n) is 13.7. The number of alkyl halides is 3. The standard InChI is InChI=1S/C35H30F3NO3/c1-3-34(2,33(40)41)27-17-15-24(16-18-27)22-42-28-12-7-11-25(20-28)31-26(19-23-9-5-4-6-10-23)21-39-32-29(31)13-8-14-30(32)35(36,37)38/h4-18,20-21H,3,19,22H2,1-2H3,(H,40,41). The van der Waals surface area contributed by atoms with Crippen molar-refractivity contribution in [2.45, 2.75) is 44.9 Å². The van der Waals surface area contributed by atoms with Crippen LogP contribution in [0.3, 0.4) is 0 Å². The van der Waals surface area contributed by atoms with Gasteiger partial charge < -0.3 is 9.84 Å². The smallest absolute Gasteiger partial charge is 0.418 e. The number of carboxylic acid groups (broad SMARTS) is 1. The molecule has 0 saturated heterocycles. The van der Waals surface area contributed by atoms with Gasteiger partial charge in [-0.15, -0.1) is 0 Å². The number of aromatic nitrogens is 1. The molecule has 4 aromatic carbocycles. The largest absolute Gasteiger partial charge is 0.489 e. The van der Waals surface area contributed by atoms with Gasteiger partial charge in [-0.1, -0.05) is 85.8 Å². The topological polar surface area (TPSA) is 59.4 Å². The Balaban J connectivity index is 1.49. The monoisotopic (exact) mass is 569 g/mol. The van der Waals surface area contributed by atoms with Crippen LogP contribution in [0, 0.1) is 0 Å². The van der Waals surface area contributed by atoms with Gasteiger partial charge in [0.1, 0.15) is 12.4 Å². The molecule has 1 unspecified atom stereocenters. The molecule has 0 aliphatic rings. The van der Waals surface area contributed by atoms with E-state index in [1.54, 1.807) is 19.1 Å². The van der Waals surface area contributed by atoms with Gasteiger partial charge in [0, 0.05) is 11.6 Å². The molecule has 0 aliphatic heterocycles. The first-order chi connectivity index (χ1) is 20.1. The Labute approximate surface area is 242 Å². The van der Waals surface area contributed by atoms with Crippen LogP contribution in [-0.4, -0.2) is 16.1 Å². The Morgan fingerprint density at radius 3 is 2.26 bits per heavy atom. The molecular formula is C35H30F3NO3. The molecule has 0 bridgehead atoms. The second kappa shape index (κ2) is 11.7. The SMILES string of the molecule is CCC(C)(C(=O)O)c1ccc(COc2cccc(-c3c(Cc4ccccc4)cnc4c(C(F)(F)F)cccc34)c2)cc1. The first-order valence-corrected chi connectivity index (χ1v) is 13.7. The number of hydrogen-bond acceptors (Lipinski definition) is 3. The molecular weight excluding hydrogens is 539 g/mol. The van der Waals surface area contributed by atoms with Crippen molar-refractivity contribution in [2.24, 2.45) is 0 Å². The van der Waals surface area contributed by atoms with Crippen LogP contribution in [0.4, 0.5) is 13.2 Å². The molecule has 1 N–H and O–H groups in total. The van der Waals surface area contributed by atoms with E-state index < -0.39 is 23.1 Å². The maximum absolute atomic E-state index is 13.9. The molecule has 5 rings (SSSR count). The van der Waals surface area contributed by atoms with E-state index in [-0.39, 0.29) is 12.1 Å². The molecule has 1 aromatic heterocycles. The lowest BCUT2D eigenvalue weighted by molar-refractivity contribution is -0.143. The van der Waals surface area contributed by atoms with Crippen molar-refractivity contribution in [1.82, 2.24) is 4.98 Å². The molecule has 1 heterocycles. The van der Waals surface area contributed by atoms with Crippen molar-refractivity contribution in [3.8, 4) is 16.9 Å². The number of nitrogens with zero attached hydrogens (tertiary/aromatic N) is 1. The highest BCUT2D eigenvalue weighted by Gasteiger charge is 2.34. The van der Waals surface area contributed by atoms with Crippen molar-refractivity contribution in [3.05, 3.63) is 131 Å². The van der Waals surface area contributed by atoms with E-state index in [1.165, 1.54) is 12.3 Å². The average molecular weight is 570 g/mol. The van der Waals surface area contributed by atoms with Crippen LogP contribution >= 0.6 is 0 Å². The summed E-state index contributed by atoms with van der Waals surface area (Å²) in [5.41, 5.74) is 2.97. The molecule has 0 fully saturated rings. The van der Waals surface area contributed by atoms with Gasteiger partial charge in [-0.2, -0.15) is 13.2 Å². The summed E-state index contributed by atoms with van der Waals surface area (Å²) in [4.78, 5) is 16.1. The van der Waals surface area contributed by atoms with E-state index in [1.807, 2.05) is 79.7 Å². The fraction of sp³-hybridized carbons (Fsp3) is 0.200. The predicted molar refractivity (Wildman–Crippen MR) is 157 cm³/mol. The van der Waals surface area contributed by atoms with E-state index in [9.17, 15) is 23.1 Å². The summed E-state index contributed by atoms with van der Waals surface area (Å²) < 4.78 is 47.7. The van der Waals surface area contributed by atoms with Gasteiger partial charge in [0.2, 0.25) is 0 Å². The molecule has 1 atom stereocenters. The molecule has 5 aromatic rings. The number of fused-ring (bicyclic) bond motifs is 1. The third-order valence-corrected chi connectivity index (χ3v) is 7.82. The van der Waals surface area contributed by atoms with Gasteiger partial charge in [-0.25, -0.2) is 0 Å². The summed E-state index contributed by atoms with van der Waals surface area (Å²) in [6, 6.07) is 28.5. The summed E-state index contributed by atoms with van der Waals surface area (Å²) in [7, 11) is 0. The molecule has 0 spiro atoms. The molecule has 42 heavy (non-hydrogen) atoms. The second-order valence-corrected chi connectivity index (χ2v) is 10.5. The van der Waals surface area contributed by atoms with E-state index in [0.717, 1.165) is 33.9 Å². The lowest BCUT2D eigenvalue weighted by atomic mass is 9.80.